The molecule has 0 radical (unpaired) electrons. The molecule has 0 amide bonds. The minimum absolute atomic E-state index is 0.540. The Kier molecular flexibility index (Phi) is 3.14. The number of rotatable bonds is 2. The Morgan fingerprint density at radius 1 is 1.50 bits per heavy atom. The van der Waals surface area contributed by atoms with E-state index in [0.29, 0.717) is 5.41 Å². The van der Waals surface area contributed by atoms with E-state index in [1.165, 1.54) is 25.7 Å². The van der Waals surface area contributed by atoms with Crippen LogP contribution in [-0.2, 0) is 0 Å². The summed E-state index contributed by atoms with van der Waals surface area (Å²) in [5.74, 6) is 0.827. The molecule has 0 aromatic rings. The second-order valence-electron chi connectivity index (χ2n) is 4.82. The van der Waals surface area contributed by atoms with Crippen LogP contribution in [0.4, 0.5) is 0 Å². The summed E-state index contributed by atoms with van der Waals surface area (Å²) in [7, 11) is 0. The first-order valence-corrected chi connectivity index (χ1v) is 5.01. The summed E-state index contributed by atoms with van der Waals surface area (Å²) in [6, 6.07) is 2.24. The quantitative estimate of drug-likeness (QED) is 0.614. The topological polar surface area (TPSA) is 23.8 Å². The maximum absolute atomic E-state index is 8.48. The van der Waals surface area contributed by atoms with Crippen molar-refractivity contribution in [3.63, 3.8) is 0 Å². The summed E-state index contributed by atoms with van der Waals surface area (Å²) in [5.41, 5.74) is 0.540. The molecule has 0 aliphatic heterocycles. The third-order valence-corrected chi connectivity index (χ3v) is 2.97. The van der Waals surface area contributed by atoms with Gasteiger partial charge in [0.15, 0.2) is 0 Å². The highest BCUT2D eigenvalue weighted by Gasteiger charge is 2.27. The van der Waals surface area contributed by atoms with Gasteiger partial charge in [-0.05, 0) is 30.6 Å². The predicted molar refractivity (Wildman–Crippen MR) is 50.6 cm³/mol. The van der Waals surface area contributed by atoms with Gasteiger partial charge in [-0.1, -0.05) is 26.7 Å². The summed E-state index contributed by atoms with van der Waals surface area (Å²) in [6.07, 6.45) is 7.29. The van der Waals surface area contributed by atoms with Crippen molar-refractivity contribution >= 4 is 0 Å². The van der Waals surface area contributed by atoms with Crippen LogP contribution < -0.4 is 0 Å². The van der Waals surface area contributed by atoms with Gasteiger partial charge >= 0.3 is 0 Å². The normalized spacial score (nSPS) is 27.9. The lowest BCUT2D eigenvalue weighted by Gasteiger charge is -2.34. The van der Waals surface area contributed by atoms with Crippen LogP contribution in [0.1, 0.15) is 52.4 Å². The largest absolute Gasteiger partial charge is 0.198 e. The van der Waals surface area contributed by atoms with Gasteiger partial charge in [-0.25, -0.2) is 0 Å². The number of hydrogen-bond acceptors (Lipinski definition) is 1. The third kappa shape index (κ3) is 2.85. The van der Waals surface area contributed by atoms with E-state index in [2.05, 4.69) is 19.9 Å². The standard InChI is InChI=1S/C11H19N/c1-11(2)7-3-5-10(9-11)6-4-8-12/h10H,3-7,9H2,1-2H3. The van der Waals surface area contributed by atoms with Gasteiger partial charge in [0.2, 0.25) is 0 Å². The molecular weight excluding hydrogens is 146 g/mol. The number of nitriles is 1. The minimum Gasteiger partial charge on any atom is -0.198 e. The van der Waals surface area contributed by atoms with Gasteiger partial charge in [0, 0.05) is 6.42 Å². The highest BCUT2D eigenvalue weighted by molar-refractivity contribution is 4.81. The van der Waals surface area contributed by atoms with Crippen molar-refractivity contribution in [3.8, 4) is 6.07 Å². The molecule has 0 spiro atoms. The Bertz CT molecular complexity index is 176. The average molecular weight is 165 g/mol. The van der Waals surface area contributed by atoms with Gasteiger partial charge in [0.1, 0.15) is 0 Å². The zero-order valence-corrected chi connectivity index (χ0v) is 8.27. The maximum atomic E-state index is 8.48. The molecule has 1 fully saturated rings. The summed E-state index contributed by atoms with van der Waals surface area (Å²) < 4.78 is 0. The predicted octanol–water partition coefficient (Wildman–Crippen LogP) is 3.51. The van der Waals surface area contributed by atoms with Crippen molar-refractivity contribution in [2.75, 3.05) is 0 Å². The number of nitrogens with zero attached hydrogens (tertiary/aromatic N) is 1. The van der Waals surface area contributed by atoms with E-state index < -0.39 is 0 Å². The lowest BCUT2D eigenvalue weighted by atomic mass is 9.71. The van der Waals surface area contributed by atoms with Crippen LogP contribution in [0, 0.1) is 22.7 Å². The number of hydrogen-bond donors (Lipinski definition) is 0. The van der Waals surface area contributed by atoms with Crippen LogP contribution >= 0.6 is 0 Å². The van der Waals surface area contributed by atoms with E-state index in [1.54, 1.807) is 0 Å². The molecule has 0 aromatic carbocycles. The fourth-order valence-corrected chi connectivity index (χ4v) is 2.37. The summed E-state index contributed by atoms with van der Waals surface area (Å²) in [4.78, 5) is 0. The van der Waals surface area contributed by atoms with Gasteiger partial charge in [-0.3, -0.25) is 0 Å². The molecule has 0 N–H and O–H groups in total. The molecule has 1 rings (SSSR count). The van der Waals surface area contributed by atoms with E-state index in [1.807, 2.05) is 0 Å². The zero-order valence-electron chi connectivity index (χ0n) is 8.27. The van der Waals surface area contributed by atoms with Crippen LogP contribution in [0.5, 0.6) is 0 Å². The summed E-state index contributed by atoms with van der Waals surface area (Å²) in [5, 5.41) is 8.48. The molecule has 1 aliphatic rings. The summed E-state index contributed by atoms with van der Waals surface area (Å²) >= 11 is 0. The van der Waals surface area contributed by atoms with Crippen molar-refractivity contribution in [1.82, 2.24) is 0 Å². The van der Waals surface area contributed by atoms with Crippen LogP contribution in [0.3, 0.4) is 0 Å². The molecule has 0 saturated heterocycles. The Morgan fingerprint density at radius 3 is 2.83 bits per heavy atom. The monoisotopic (exact) mass is 165 g/mol. The van der Waals surface area contributed by atoms with Crippen molar-refractivity contribution in [2.45, 2.75) is 52.4 Å². The van der Waals surface area contributed by atoms with Gasteiger partial charge < -0.3 is 0 Å². The molecule has 1 nitrogen and oxygen atoms in total. The van der Waals surface area contributed by atoms with E-state index >= 15 is 0 Å². The molecule has 1 aliphatic carbocycles. The molecule has 0 aromatic heterocycles. The maximum Gasteiger partial charge on any atom is 0.0621 e. The first-order chi connectivity index (χ1) is 5.64. The highest BCUT2D eigenvalue weighted by Crippen LogP contribution is 2.40. The molecule has 0 heterocycles. The Hall–Kier alpha value is -0.510. The van der Waals surface area contributed by atoms with Crippen molar-refractivity contribution in [1.29, 1.82) is 5.26 Å². The fourth-order valence-electron chi connectivity index (χ4n) is 2.37. The van der Waals surface area contributed by atoms with Gasteiger partial charge in [0.05, 0.1) is 6.07 Å². The first kappa shape index (κ1) is 9.58. The minimum atomic E-state index is 0.540. The van der Waals surface area contributed by atoms with Gasteiger partial charge in [-0.15, -0.1) is 0 Å². The van der Waals surface area contributed by atoms with Crippen LogP contribution in [0.15, 0.2) is 0 Å². The average Bonchev–Trinajstić information content (AvgIpc) is 1.99. The van der Waals surface area contributed by atoms with Crippen LogP contribution in [0.2, 0.25) is 0 Å². The first-order valence-electron chi connectivity index (χ1n) is 5.01. The highest BCUT2D eigenvalue weighted by atomic mass is 14.3. The Morgan fingerprint density at radius 2 is 2.25 bits per heavy atom. The van der Waals surface area contributed by atoms with Crippen molar-refractivity contribution < 1.29 is 0 Å². The lowest BCUT2D eigenvalue weighted by Crippen LogP contribution is -2.22. The molecule has 0 bridgehead atoms. The van der Waals surface area contributed by atoms with E-state index in [0.717, 1.165) is 18.8 Å². The fraction of sp³-hybridized carbons (Fsp3) is 0.909. The Labute approximate surface area is 75.8 Å². The van der Waals surface area contributed by atoms with E-state index in [-0.39, 0.29) is 0 Å². The van der Waals surface area contributed by atoms with E-state index in [9.17, 15) is 0 Å². The SMILES string of the molecule is CC1(C)CCCC(CCC#N)C1. The smallest absolute Gasteiger partial charge is 0.0621 e. The van der Waals surface area contributed by atoms with Crippen LogP contribution in [0.25, 0.3) is 0 Å². The summed E-state index contributed by atoms with van der Waals surface area (Å²) in [6.45, 7) is 4.71. The van der Waals surface area contributed by atoms with Crippen molar-refractivity contribution in [3.05, 3.63) is 0 Å². The zero-order chi connectivity index (χ0) is 9.03. The molecular formula is C11H19N. The molecule has 68 valence electrons. The van der Waals surface area contributed by atoms with Crippen molar-refractivity contribution in [2.24, 2.45) is 11.3 Å². The Balaban J connectivity index is 2.32. The second kappa shape index (κ2) is 3.94. The van der Waals surface area contributed by atoms with Crippen LogP contribution in [-0.4, -0.2) is 0 Å². The van der Waals surface area contributed by atoms with Gasteiger partial charge in [-0.2, -0.15) is 5.26 Å². The molecule has 1 atom stereocenters. The second-order valence-corrected chi connectivity index (χ2v) is 4.82. The lowest BCUT2D eigenvalue weighted by molar-refractivity contribution is 0.174. The third-order valence-electron chi connectivity index (χ3n) is 2.97. The molecule has 12 heavy (non-hydrogen) atoms. The molecule has 1 saturated carbocycles. The van der Waals surface area contributed by atoms with E-state index in [4.69, 9.17) is 5.26 Å². The molecule has 1 unspecified atom stereocenters. The van der Waals surface area contributed by atoms with Gasteiger partial charge in [0.25, 0.3) is 0 Å². The molecule has 1 heteroatoms.